The summed E-state index contributed by atoms with van der Waals surface area (Å²) in [4.78, 5) is 14.2. The number of nitrogens with zero attached hydrogens (tertiary/aromatic N) is 5. The summed E-state index contributed by atoms with van der Waals surface area (Å²) >= 11 is 1.32. The lowest BCUT2D eigenvalue weighted by molar-refractivity contribution is -0.129. The first kappa shape index (κ1) is 17.8. The molecular weight excluding hydrogens is 350 g/mol. The Morgan fingerprint density at radius 2 is 2.12 bits per heavy atom. The number of rotatable bonds is 8. The van der Waals surface area contributed by atoms with Crippen LogP contribution >= 0.6 is 11.8 Å². The molecule has 0 saturated heterocycles. The first-order valence-electron chi connectivity index (χ1n) is 8.03. The Hall–Kier alpha value is -3.05. The maximum absolute atomic E-state index is 12.6. The van der Waals surface area contributed by atoms with E-state index in [-0.39, 0.29) is 18.1 Å². The Kier molecular flexibility index (Phi) is 6.06. The van der Waals surface area contributed by atoms with Gasteiger partial charge in [-0.25, -0.2) is 0 Å². The predicted octanol–water partition coefficient (Wildman–Crippen LogP) is 2.89. The minimum atomic E-state index is -0.0794. The average Bonchev–Trinajstić information content (AvgIpc) is 3.35. The van der Waals surface area contributed by atoms with Gasteiger partial charge in [0.05, 0.1) is 31.1 Å². The molecule has 0 N–H and O–H groups in total. The molecule has 0 fully saturated rings. The second kappa shape index (κ2) is 8.87. The van der Waals surface area contributed by atoms with Crippen molar-refractivity contribution in [3.8, 4) is 11.8 Å². The maximum Gasteiger partial charge on any atom is 0.233 e. The molecule has 7 nitrogen and oxygen atoms in total. The molecule has 2 aromatic heterocycles. The van der Waals surface area contributed by atoms with E-state index in [1.165, 1.54) is 11.8 Å². The zero-order valence-electron chi connectivity index (χ0n) is 14.0. The number of amides is 1. The minimum absolute atomic E-state index is 0.0794. The van der Waals surface area contributed by atoms with Crippen LogP contribution in [-0.4, -0.2) is 37.9 Å². The van der Waals surface area contributed by atoms with Crippen molar-refractivity contribution in [2.24, 2.45) is 0 Å². The van der Waals surface area contributed by atoms with Crippen molar-refractivity contribution in [1.29, 1.82) is 5.26 Å². The number of nitriles is 1. The fraction of sp³-hybridized carbons (Fsp3) is 0.222. The molecular formula is C18H17N5O2S. The summed E-state index contributed by atoms with van der Waals surface area (Å²) in [6.07, 6.45) is 3.47. The molecule has 8 heteroatoms. The van der Waals surface area contributed by atoms with E-state index in [1.54, 1.807) is 23.6 Å². The van der Waals surface area contributed by atoms with Gasteiger partial charge in [-0.15, -0.1) is 10.2 Å². The van der Waals surface area contributed by atoms with Gasteiger partial charge >= 0.3 is 0 Å². The van der Waals surface area contributed by atoms with Gasteiger partial charge in [0.15, 0.2) is 5.16 Å². The number of furan rings is 1. The lowest BCUT2D eigenvalue weighted by Crippen LogP contribution is -2.32. The van der Waals surface area contributed by atoms with Crippen LogP contribution in [0, 0.1) is 11.3 Å². The Morgan fingerprint density at radius 3 is 2.85 bits per heavy atom. The summed E-state index contributed by atoms with van der Waals surface area (Å²) in [6, 6.07) is 15.4. The van der Waals surface area contributed by atoms with Gasteiger partial charge in [-0.1, -0.05) is 30.0 Å². The van der Waals surface area contributed by atoms with Crippen molar-refractivity contribution >= 4 is 17.7 Å². The zero-order valence-corrected chi connectivity index (χ0v) is 14.8. The van der Waals surface area contributed by atoms with Crippen molar-refractivity contribution < 1.29 is 9.21 Å². The molecule has 1 amide bonds. The first-order chi connectivity index (χ1) is 12.8. The molecule has 0 atom stereocenters. The predicted molar refractivity (Wildman–Crippen MR) is 96.4 cm³/mol. The number of para-hydroxylation sites is 1. The van der Waals surface area contributed by atoms with Crippen LogP contribution < -0.4 is 0 Å². The van der Waals surface area contributed by atoms with Gasteiger partial charge in [0.1, 0.15) is 12.1 Å². The molecule has 2 heterocycles. The molecule has 1 aromatic carbocycles. The van der Waals surface area contributed by atoms with Crippen LogP contribution in [0.15, 0.2) is 64.6 Å². The molecule has 0 aliphatic rings. The van der Waals surface area contributed by atoms with E-state index < -0.39 is 0 Å². The highest BCUT2D eigenvalue weighted by atomic mass is 32.2. The van der Waals surface area contributed by atoms with Gasteiger partial charge < -0.3 is 9.32 Å². The van der Waals surface area contributed by atoms with Crippen LogP contribution in [0.5, 0.6) is 0 Å². The Balaban J connectivity index is 1.65. The van der Waals surface area contributed by atoms with E-state index in [0.29, 0.717) is 24.0 Å². The van der Waals surface area contributed by atoms with E-state index >= 15 is 0 Å². The fourth-order valence-corrected chi connectivity index (χ4v) is 3.21. The maximum atomic E-state index is 12.6. The summed E-state index contributed by atoms with van der Waals surface area (Å²) in [5, 5.41) is 17.5. The number of hydrogen-bond donors (Lipinski definition) is 0. The largest absolute Gasteiger partial charge is 0.467 e. The average molecular weight is 367 g/mol. The monoisotopic (exact) mass is 367 g/mol. The summed E-state index contributed by atoms with van der Waals surface area (Å²) in [6.45, 7) is 0.710. The Morgan fingerprint density at radius 1 is 1.27 bits per heavy atom. The SMILES string of the molecule is N#CCCN(Cc1ccco1)C(=O)CSc1nncn1-c1ccccc1. The molecule has 0 bridgehead atoms. The highest BCUT2D eigenvalue weighted by Crippen LogP contribution is 2.20. The van der Waals surface area contributed by atoms with Gasteiger partial charge in [-0.3, -0.25) is 9.36 Å². The zero-order chi connectivity index (χ0) is 18.2. The fourth-order valence-electron chi connectivity index (χ4n) is 2.37. The number of thioether (sulfide) groups is 1. The van der Waals surface area contributed by atoms with Crippen LogP contribution in [0.25, 0.3) is 5.69 Å². The quantitative estimate of drug-likeness (QED) is 0.569. The Bertz CT molecular complexity index is 871. The summed E-state index contributed by atoms with van der Waals surface area (Å²) in [5.74, 6) is 0.815. The van der Waals surface area contributed by atoms with Crippen molar-refractivity contribution in [3.63, 3.8) is 0 Å². The molecule has 0 saturated carbocycles. The van der Waals surface area contributed by atoms with E-state index in [9.17, 15) is 4.79 Å². The number of aromatic nitrogens is 3. The van der Waals surface area contributed by atoms with Crippen LogP contribution in [0.4, 0.5) is 0 Å². The van der Waals surface area contributed by atoms with Crippen LogP contribution in [-0.2, 0) is 11.3 Å². The first-order valence-corrected chi connectivity index (χ1v) is 9.02. The molecule has 0 spiro atoms. The molecule has 3 rings (SSSR count). The number of benzene rings is 1. The van der Waals surface area contributed by atoms with Crippen LogP contribution in [0.3, 0.4) is 0 Å². The molecule has 0 radical (unpaired) electrons. The van der Waals surface area contributed by atoms with E-state index in [0.717, 1.165) is 5.69 Å². The standard InChI is InChI=1S/C18H17N5O2S/c19-9-5-10-22(12-16-8-4-11-25-16)17(24)13-26-18-21-20-14-23(18)15-6-2-1-3-7-15/h1-4,6-8,11,14H,5,10,12-13H2. The van der Waals surface area contributed by atoms with Crippen molar-refractivity contribution in [3.05, 3.63) is 60.8 Å². The van der Waals surface area contributed by atoms with Gasteiger partial charge in [-0.2, -0.15) is 5.26 Å². The van der Waals surface area contributed by atoms with Crippen molar-refractivity contribution in [2.45, 2.75) is 18.1 Å². The van der Waals surface area contributed by atoms with Crippen molar-refractivity contribution in [2.75, 3.05) is 12.3 Å². The topological polar surface area (TPSA) is 87.9 Å². The third kappa shape index (κ3) is 4.52. The van der Waals surface area contributed by atoms with Gasteiger partial charge in [0, 0.05) is 12.2 Å². The van der Waals surface area contributed by atoms with Crippen LogP contribution in [0.2, 0.25) is 0 Å². The van der Waals surface area contributed by atoms with Gasteiger partial charge in [-0.05, 0) is 24.3 Å². The van der Waals surface area contributed by atoms with E-state index in [2.05, 4.69) is 16.3 Å². The number of carbonyl (C=O) groups excluding carboxylic acids is 1. The van der Waals surface area contributed by atoms with Gasteiger partial charge in [0.25, 0.3) is 0 Å². The highest BCUT2D eigenvalue weighted by Gasteiger charge is 2.17. The minimum Gasteiger partial charge on any atom is -0.467 e. The Labute approximate surface area is 155 Å². The number of carbonyl (C=O) groups is 1. The molecule has 3 aromatic rings. The summed E-state index contributed by atoms with van der Waals surface area (Å²) in [7, 11) is 0. The molecule has 0 aliphatic heterocycles. The lowest BCUT2D eigenvalue weighted by atomic mass is 10.3. The van der Waals surface area contributed by atoms with Gasteiger partial charge in [0.2, 0.25) is 5.91 Å². The lowest BCUT2D eigenvalue weighted by Gasteiger charge is -2.20. The second-order valence-corrected chi connectivity index (χ2v) is 6.35. The molecule has 26 heavy (non-hydrogen) atoms. The molecule has 0 aliphatic carbocycles. The highest BCUT2D eigenvalue weighted by molar-refractivity contribution is 7.99. The summed E-state index contributed by atoms with van der Waals surface area (Å²) in [5.41, 5.74) is 0.935. The normalized spacial score (nSPS) is 10.4. The van der Waals surface area contributed by atoms with E-state index in [4.69, 9.17) is 9.68 Å². The second-order valence-electron chi connectivity index (χ2n) is 5.41. The number of hydrogen-bond acceptors (Lipinski definition) is 6. The van der Waals surface area contributed by atoms with E-state index in [1.807, 2.05) is 41.0 Å². The van der Waals surface area contributed by atoms with Crippen LogP contribution in [0.1, 0.15) is 12.2 Å². The van der Waals surface area contributed by atoms with Crippen molar-refractivity contribution in [1.82, 2.24) is 19.7 Å². The summed E-state index contributed by atoms with van der Waals surface area (Å²) < 4.78 is 7.15. The molecule has 0 unspecified atom stereocenters. The smallest absolute Gasteiger partial charge is 0.233 e. The molecule has 132 valence electrons. The third-order valence-corrected chi connectivity index (χ3v) is 4.58. The third-order valence-electron chi connectivity index (χ3n) is 3.65.